The van der Waals surface area contributed by atoms with E-state index in [2.05, 4.69) is 15.6 Å². The lowest BCUT2D eigenvalue weighted by Crippen LogP contribution is -3.02. The summed E-state index contributed by atoms with van der Waals surface area (Å²) in [5.41, 5.74) is 18.1. The highest BCUT2D eigenvalue weighted by molar-refractivity contribution is 6.02. The van der Waals surface area contributed by atoms with Gasteiger partial charge in [0, 0.05) is 18.4 Å². The molecule has 212 valence electrons. The van der Waals surface area contributed by atoms with Crippen LogP contribution in [0.15, 0.2) is 18.2 Å². The molecular weight excluding hydrogens is 504 g/mol. The van der Waals surface area contributed by atoms with Gasteiger partial charge in [-0.05, 0) is 29.5 Å². The molecular formula is C26H40N8O5+2. The van der Waals surface area contributed by atoms with Gasteiger partial charge in [-0.25, -0.2) is 9.57 Å². The predicted octanol–water partition coefficient (Wildman–Crippen LogP) is -3.78. The molecule has 3 amide bonds. The number of rotatable bonds is 5. The Morgan fingerprint density at radius 3 is 2.41 bits per heavy atom. The molecule has 0 spiro atoms. The summed E-state index contributed by atoms with van der Waals surface area (Å²) in [7, 11) is 0. The molecule has 0 aliphatic carbocycles. The van der Waals surface area contributed by atoms with E-state index in [9.17, 15) is 24.6 Å². The van der Waals surface area contributed by atoms with Crippen molar-refractivity contribution >= 4 is 29.6 Å². The van der Waals surface area contributed by atoms with Gasteiger partial charge in [-0.1, -0.05) is 39.8 Å². The van der Waals surface area contributed by atoms with Gasteiger partial charge in [0.15, 0.2) is 0 Å². The zero-order valence-corrected chi connectivity index (χ0v) is 23.0. The maximum atomic E-state index is 13.6. The SMILES string of the molecule is Cc1cccc(C(=O)N[C@H]2C[N+]3=C(N)NC(CN4C(=O)CCC4=O)[C@H](C)C3([NH+]=C(N)N)C2(O)O)c1C(C)(C)C. The fraction of sp³-hybridized carbons (Fsp3) is 0.577. The largest absolute Gasteiger partial charge is 0.358 e. The molecule has 0 radical (unpaired) electrons. The Morgan fingerprint density at radius 2 is 1.85 bits per heavy atom. The van der Waals surface area contributed by atoms with Crippen molar-refractivity contribution in [3.63, 3.8) is 0 Å². The minimum atomic E-state index is -2.65. The molecule has 11 N–H and O–H groups in total. The maximum Gasteiger partial charge on any atom is 0.347 e. The molecule has 3 aliphatic heterocycles. The number of aryl methyl sites for hydroxylation is 1. The Balaban J connectivity index is 1.74. The summed E-state index contributed by atoms with van der Waals surface area (Å²) < 4.78 is 1.47. The number of benzene rings is 1. The fourth-order valence-electron chi connectivity index (χ4n) is 6.43. The van der Waals surface area contributed by atoms with E-state index in [4.69, 9.17) is 17.2 Å². The Bertz CT molecular complexity index is 1260. The number of likely N-dealkylation sites (tertiary alicyclic amines) is 1. The van der Waals surface area contributed by atoms with Crippen molar-refractivity contribution in [3.8, 4) is 0 Å². The molecule has 3 heterocycles. The van der Waals surface area contributed by atoms with Gasteiger partial charge in [0.1, 0.15) is 12.1 Å². The second-order valence-corrected chi connectivity index (χ2v) is 11.8. The number of nitrogens with zero attached hydrogens (tertiary/aromatic N) is 2. The molecule has 1 aromatic rings. The van der Waals surface area contributed by atoms with Crippen LogP contribution in [0.2, 0.25) is 0 Å². The topological polar surface area (TPSA) is 214 Å². The van der Waals surface area contributed by atoms with E-state index in [1.165, 1.54) is 4.58 Å². The second-order valence-electron chi connectivity index (χ2n) is 11.8. The lowest BCUT2D eigenvalue weighted by atomic mass is 9.79. The predicted molar refractivity (Wildman–Crippen MR) is 142 cm³/mol. The number of carbonyl (C=O) groups is 3. The molecule has 4 atom stereocenters. The van der Waals surface area contributed by atoms with Gasteiger partial charge in [0.05, 0.1) is 19.0 Å². The van der Waals surface area contributed by atoms with Crippen LogP contribution in [-0.4, -0.2) is 86.0 Å². The fourth-order valence-corrected chi connectivity index (χ4v) is 6.43. The number of nitrogens with two attached hydrogens (primary N) is 3. The third-order valence-corrected chi connectivity index (χ3v) is 8.17. The summed E-state index contributed by atoms with van der Waals surface area (Å²) >= 11 is 0. The van der Waals surface area contributed by atoms with Crippen molar-refractivity contribution in [1.82, 2.24) is 15.5 Å². The maximum absolute atomic E-state index is 13.6. The standard InChI is InChI=1S/C26H38N8O5/c1-13-7-6-8-15(20(13)24(3,4)5)21(37)31-17-12-34-23(29)30-16(11-33-18(35)9-10-19(33)36)14(2)25(34,26(17,38)39)32-22(27)28/h6-8,14,16-17,38-39H,9-12H2,1-5H3,(H7,27,28,29,30,31,32,37)/p+2/t14-,16?,17-,25?/m0/s1. The number of fused-ring (bicyclic) bond motifs is 1. The van der Waals surface area contributed by atoms with Crippen molar-refractivity contribution in [2.24, 2.45) is 23.1 Å². The average Bonchev–Trinajstić information content (AvgIpc) is 3.24. The average molecular weight is 545 g/mol. The highest BCUT2D eigenvalue weighted by Gasteiger charge is 2.73. The lowest BCUT2D eigenvalue weighted by Gasteiger charge is -2.44. The van der Waals surface area contributed by atoms with Crippen LogP contribution in [0.3, 0.4) is 0 Å². The Hall–Kier alpha value is -3.71. The molecule has 13 nitrogen and oxygen atoms in total. The third-order valence-electron chi connectivity index (χ3n) is 8.17. The Morgan fingerprint density at radius 1 is 1.23 bits per heavy atom. The second kappa shape index (κ2) is 9.49. The minimum absolute atomic E-state index is 0.0427. The quantitative estimate of drug-likeness (QED) is 0.0599. The first-order valence-electron chi connectivity index (χ1n) is 13.0. The van der Waals surface area contributed by atoms with Crippen LogP contribution in [0.25, 0.3) is 0 Å². The van der Waals surface area contributed by atoms with Crippen molar-refractivity contribution in [2.45, 2.75) is 76.4 Å². The molecule has 2 fully saturated rings. The van der Waals surface area contributed by atoms with Gasteiger partial charge >= 0.3 is 11.9 Å². The van der Waals surface area contributed by atoms with Crippen LogP contribution < -0.4 is 32.8 Å². The van der Waals surface area contributed by atoms with Crippen LogP contribution >= 0.6 is 0 Å². The molecule has 2 unspecified atom stereocenters. The number of imide groups is 1. The molecule has 4 rings (SSSR count). The summed E-state index contributed by atoms with van der Waals surface area (Å²) in [6, 6.07) is 3.48. The highest BCUT2D eigenvalue weighted by Crippen LogP contribution is 2.39. The third kappa shape index (κ3) is 4.48. The number of hydrogen-bond donors (Lipinski definition) is 8. The summed E-state index contributed by atoms with van der Waals surface area (Å²) in [6.45, 7) is 9.47. The van der Waals surface area contributed by atoms with Crippen LogP contribution in [0.1, 0.15) is 62.0 Å². The molecule has 0 aromatic heterocycles. The van der Waals surface area contributed by atoms with Gasteiger partial charge in [0.25, 0.3) is 17.4 Å². The zero-order chi connectivity index (χ0) is 29.1. The summed E-state index contributed by atoms with van der Waals surface area (Å²) in [6.07, 6.45) is 0.234. The van der Waals surface area contributed by atoms with Crippen molar-refractivity contribution < 1.29 is 34.2 Å². The summed E-state index contributed by atoms with van der Waals surface area (Å²) in [5.74, 6) is -4.76. The van der Waals surface area contributed by atoms with Crippen LogP contribution in [-0.2, 0) is 15.0 Å². The molecule has 13 heteroatoms. The summed E-state index contributed by atoms with van der Waals surface area (Å²) in [4.78, 5) is 42.2. The van der Waals surface area contributed by atoms with E-state index in [1.54, 1.807) is 19.1 Å². The first-order valence-corrected chi connectivity index (χ1v) is 13.0. The normalized spacial score (nSPS) is 28.3. The van der Waals surface area contributed by atoms with E-state index in [0.29, 0.717) is 5.56 Å². The number of nitrogens with one attached hydrogen (secondary N) is 3. The van der Waals surface area contributed by atoms with E-state index in [0.717, 1.165) is 16.0 Å². The summed E-state index contributed by atoms with van der Waals surface area (Å²) in [5, 5.41) is 29.4. The van der Waals surface area contributed by atoms with Crippen LogP contribution in [0.4, 0.5) is 0 Å². The minimum Gasteiger partial charge on any atom is -0.358 e. The van der Waals surface area contributed by atoms with Crippen LogP contribution in [0, 0.1) is 12.8 Å². The smallest absolute Gasteiger partial charge is 0.347 e. The monoisotopic (exact) mass is 544 g/mol. The van der Waals surface area contributed by atoms with E-state index >= 15 is 0 Å². The molecule has 39 heavy (non-hydrogen) atoms. The number of guanidine groups is 2. The van der Waals surface area contributed by atoms with Gasteiger partial charge in [-0.3, -0.25) is 41.8 Å². The van der Waals surface area contributed by atoms with E-state index < -0.39 is 35.4 Å². The molecule has 0 saturated carbocycles. The van der Waals surface area contributed by atoms with Gasteiger partial charge in [-0.2, -0.15) is 0 Å². The lowest BCUT2D eigenvalue weighted by molar-refractivity contribution is -0.834. The number of carbonyl (C=O) groups excluding carboxylic acids is 3. The van der Waals surface area contributed by atoms with Crippen molar-refractivity contribution in [2.75, 3.05) is 13.1 Å². The van der Waals surface area contributed by atoms with E-state index in [-0.39, 0.29) is 55.1 Å². The zero-order valence-electron chi connectivity index (χ0n) is 23.0. The first-order chi connectivity index (χ1) is 18.0. The van der Waals surface area contributed by atoms with Gasteiger partial charge in [0.2, 0.25) is 11.8 Å². The first kappa shape index (κ1) is 28.3. The molecule has 2 saturated heterocycles. The van der Waals surface area contributed by atoms with E-state index in [1.807, 2.05) is 33.8 Å². The van der Waals surface area contributed by atoms with Crippen molar-refractivity contribution in [1.29, 1.82) is 0 Å². The van der Waals surface area contributed by atoms with Crippen LogP contribution in [0.5, 0.6) is 0 Å². The Labute approximate surface area is 227 Å². The molecule has 0 bridgehead atoms. The van der Waals surface area contributed by atoms with Gasteiger partial charge in [-0.15, -0.1) is 0 Å². The number of amides is 3. The number of hydrogen-bond acceptors (Lipinski definition) is 7. The Kier molecular flexibility index (Phi) is 6.88. The molecule has 1 aromatic carbocycles. The highest BCUT2D eigenvalue weighted by atomic mass is 16.5. The number of aliphatic hydroxyl groups is 2. The molecule has 3 aliphatic rings. The van der Waals surface area contributed by atoms with Gasteiger partial charge < -0.3 is 15.5 Å². The van der Waals surface area contributed by atoms with Crippen molar-refractivity contribution in [3.05, 3.63) is 34.9 Å².